The Bertz CT molecular complexity index is 885. The van der Waals surface area contributed by atoms with E-state index in [1.165, 1.54) is 11.8 Å². The highest BCUT2D eigenvalue weighted by molar-refractivity contribution is 8.02. The molecule has 9 heteroatoms. The molecule has 1 spiro atoms. The number of aromatic nitrogens is 1. The molecule has 3 N–H and O–H groups in total. The SMILES string of the molecule is Cc1onc(-c2ccccc2)c1C(=O)N[C@H]1[NH+]=C[C@@]2(S1)[C@H]1O[N@+]12O. The van der Waals surface area contributed by atoms with Crippen molar-refractivity contribution in [2.45, 2.75) is 23.5 Å². The van der Waals surface area contributed by atoms with Crippen LogP contribution < -0.4 is 10.3 Å². The zero-order valence-corrected chi connectivity index (χ0v) is 13.4. The fourth-order valence-electron chi connectivity index (χ4n) is 3.03. The molecule has 0 bridgehead atoms. The average molecular weight is 346 g/mol. The van der Waals surface area contributed by atoms with E-state index in [1.54, 1.807) is 13.1 Å². The molecular formula is C15H14N4O4S+2. The number of hydroxylamine groups is 4. The monoisotopic (exact) mass is 346 g/mol. The highest BCUT2D eigenvalue weighted by Crippen LogP contribution is 2.69. The van der Waals surface area contributed by atoms with Gasteiger partial charge in [-0.1, -0.05) is 40.3 Å². The molecule has 0 unspecified atom stereocenters. The summed E-state index contributed by atoms with van der Waals surface area (Å²) >= 11 is 1.42. The van der Waals surface area contributed by atoms with Gasteiger partial charge in [0.25, 0.3) is 11.4 Å². The van der Waals surface area contributed by atoms with Crippen LogP contribution in [0.25, 0.3) is 11.3 Å². The van der Waals surface area contributed by atoms with Crippen LogP contribution in [0.15, 0.2) is 34.9 Å². The molecule has 2 aromatic rings. The first kappa shape index (κ1) is 14.2. The quantitative estimate of drug-likeness (QED) is 0.523. The number of carbonyl (C=O) groups is 1. The zero-order chi connectivity index (χ0) is 16.5. The van der Waals surface area contributed by atoms with Gasteiger partial charge in [0.05, 0.1) is 0 Å². The van der Waals surface area contributed by atoms with E-state index in [2.05, 4.69) is 15.5 Å². The van der Waals surface area contributed by atoms with Crippen LogP contribution in [-0.4, -0.2) is 43.9 Å². The highest BCUT2D eigenvalue weighted by atomic mass is 32.2. The molecule has 1 aromatic heterocycles. The lowest BCUT2D eigenvalue weighted by molar-refractivity contribution is -1.05. The van der Waals surface area contributed by atoms with Crippen LogP contribution in [0.4, 0.5) is 0 Å². The molecule has 1 amide bonds. The van der Waals surface area contributed by atoms with Gasteiger partial charge in [0.1, 0.15) is 17.0 Å². The number of nitrogens with zero attached hydrogens (tertiary/aromatic N) is 2. The molecule has 0 radical (unpaired) electrons. The van der Waals surface area contributed by atoms with E-state index in [-0.39, 0.29) is 17.6 Å². The van der Waals surface area contributed by atoms with Crippen LogP contribution in [0.5, 0.6) is 0 Å². The lowest BCUT2D eigenvalue weighted by Crippen LogP contribution is -2.77. The fourth-order valence-corrected chi connectivity index (χ4v) is 4.38. The lowest BCUT2D eigenvalue weighted by Gasteiger charge is -2.07. The fraction of sp³-hybridized carbons (Fsp3) is 0.267. The van der Waals surface area contributed by atoms with Crippen LogP contribution in [0, 0.1) is 6.92 Å². The summed E-state index contributed by atoms with van der Waals surface area (Å²) < 4.78 is 5.22. The second-order valence-corrected chi connectivity index (χ2v) is 7.30. The minimum atomic E-state index is -0.496. The number of amides is 1. The number of rotatable bonds is 3. The molecule has 3 aliphatic rings. The van der Waals surface area contributed by atoms with Crippen LogP contribution >= 0.6 is 11.8 Å². The Morgan fingerprint density at radius 1 is 1.46 bits per heavy atom. The van der Waals surface area contributed by atoms with E-state index in [9.17, 15) is 10.0 Å². The van der Waals surface area contributed by atoms with Gasteiger partial charge in [-0.15, -0.1) is 0 Å². The number of fused-ring (bicyclic) bond motifs is 3. The molecule has 3 aliphatic heterocycles. The minimum absolute atomic E-state index is 0.228. The van der Waals surface area contributed by atoms with Crippen molar-refractivity contribution in [2.24, 2.45) is 0 Å². The number of thioether (sulfide) groups is 1. The van der Waals surface area contributed by atoms with Crippen molar-refractivity contribution in [1.82, 2.24) is 10.5 Å². The molecule has 2 saturated heterocycles. The molecule has 4 atom stereocenters. The van der Waals surface area contributed by atoms with Crippen molar-refractivity contribution in [3.05, 3.63) is 41.7 Å². The van der Waals surface area contributed by atoms with Crippen molar-refractivity contribution in [3.8, 4) is 11.3 Å². The van der Waals surface area contributed by atoms with Gasteiger partial charge in [0.2, 0.25) is 6.21 Å². The van der Waals surface area contributed by atoms with Crippen molar-refractivity contribution in [1.29, 1.82) is 0 Å². The zero-order valence-electron chi connectivity index (χ0n) is 12.6. The Balaban J connectivity index is 1.37. The number of quaternary nitrogens is 1. The van der Waals surface area contributed by atoms with Gasteiger partial charge < -0.3 is 4.52 Å². The number of hydrogen-bond acceptors (Lipinski definition) is 6. The summed E-state index contributed by atoms with van der Waals surface area (Å²) in [5, 5.41) is 16.8. The van der Waals surface area contributed by atoms with Crippen molar-refractivity contribution in [3.63, 3.8) is 0 Å². The lowest BCUT2D eigenvalue weighted by atomic mass is 10.1. The summed E-state index contributed by atoms with van der Waals surface area (Å²) in [6, 6.07) is 9.41. The highest BCUT2D eigenvalue weighted by Gasteiger charge is 3.07. The Kier molecular flexibility index (Phi) is 2.63. The predicted octanol–water partition coefficient (Wildman–Crippen LogP) is -0.251. The first-order valence-electron chi connectivity index (χ1n) is 7.46. The smallest absolute Gasteiger partial charge is 0.360 e. The van der Waals surface area contributed by atoms with E-state index in [4.69, 9.17) is 9.36 Å². The van der Waals surface area contributed by atoms with Gasteiger partial charge >= 0.3 is 11.1 Å². The minimum Gasteiger partial charge on any atom is -0.360 e. The van der Waals surface area contributed by atoms with Crippen molar-refractivity contribution in [2.75, 3.05) is 0 Å². The first-order valence-corrected chi connectivity index (χ1v) is 8.34. The Morgan fingerprint density at radius 2 is 2.21 bits per heavy atom. The van der Waals surface area contributed by atoms with Gasteiger partial charge in [-0.25, -0.2) is 4.99 Å². The summed E-state index contributed by atoms with van der Waals surface area (Å²) in [5.41, 5.74) is 1.39. The van der Waals surface area contributed by atoms with Gasteiger partial charge in [0.15, 0.2) is 0 Å². The number of carbonyl (C=O) groups excluding carboxylic acids is 1. The van der Waals surface area contributed by atoms with E-state index in [0.29, 0.717) is 17.0 Å². The molecule has 2 fully saturated rings. The number of nitrogens with one attached hydrogen (secondary N) is 2. The number of hydrogen-bond donors (Lipinski definition) is 3. The molecule has 1 aromatic carbocycles. The molecule has 5 rings (SSSR count). The molecule has 122 valence electrons. The Hall–Kier alpha value is -2.20. The summed E-state index contributed by atoms with van der Waals surface area (Å²) in [6.45, 7) is 1.71. The second-order valence-electron chi connectivity index (χ2n) is 5.94. The van der Waals surface area contributed by atoms with Crippen LogP contribution in [0.2, 0.25) is 0 Å². The third-order valence-corrected chi connectivity index (χ3v) is 5.92. The number of benzene rings is 1. The molecule has 0 aliphatic carbocycles. The summed E-state index contributed by atoms with van der Waals surface area (Å²) in [7, 11) is 0. The van der Waals surface area contributed by atoms with Crippen LogP contribution in [-0.2, 0) is 4.84 Å². The van der Waals surface area contributed by atoms with Gasteiger partial charge in [-0.2, -0.15) is 5.21 Å². The maximum atomic E-state index is 12.7. The van der Waals surface area contributed by atoms with E-state index in [0.717, 1.165) is 5.56 Å². The van der Waals surface area contributed by atoms with E-state index >= 15 is 0 Å². The molecular weight excluding hydrogens is 332 g/mol. The summed E-state index contributed by atoms with van der Waals surface area (Å²) in [4.78, 5) is 19.9. The van der Waals surface area contributed by atoms with E-state index < -0.39 is 9.68 Å². The van der Waals surface area contributed by atoms with Gasteiger partial charge in [0, 0.05) is 22.1 Å². The third kappa shape index (κ3) is 1.72. The largest absolute Gasteiger partial charge is 0.390 e. The third-order valence-electron chi connectivity index (χ3n) is 4.47. The van der Waals surface area contributed by atoms with E-state index in [1.807, 2.05) is 30.3 Å². The topological polar surface area (TPSA) is 102 Å². The standard InChI is InChI=1S/C15H12N4O4S/c1-8-10(11(18-22-8)9-5-3-2-4-6-9)12(20)17-14-16-7-15(24-14)13-19(15,21)23-13/h2-7,13-14,21H,1H3/p+2/t13-,14-,15-,19-/m1/s1. The normalized spacial score (nSPS) is 35.1. The van der Waals surface area contributed by atoms with Gasteiger partial charge in [-0.3, -0.25) is 10.1 Å². The molecule has 24 heavy (non-hydrogen) atoms. The Labute approximate surface area is 140 Å². The van der Waals surface area contributed by atoms with Crippen molar-refractivity contribution < 1.29 is 29.2 Å². The van der Waals surface area contributed by atoms with Crippen LogP contribution in [0.1, 0.15) is 16.1 Å². The summed E-state index contributed by atoms with van der Waals surface area (Å²) in [6.07, 6.45) is 1.55. The molecule has 0 saturated carbocycles. The summed E-state index contributed by atoms with van der Waals surface area (Å²) in [5.74, 6) is 0.179. The van der Waals surface area contributed by atoms with Crippen molar-refractivity contribution >= 4 is 23.9 Å². The first-order chi connectivity index (χ1) is 11.6. The number of aryl methyl sites for hydroxylation is 1. The maximum Gasteiger partial charge on any atom is 0.390 e. The average Bonchev–Trinajstić information content (AvgIpc) is 3.18. The molecule has 8 nitrogen and oxygen atoms in total. The second kappa shape index (κ2) is 4.45. The maximum absolute atomic E-state index is 12.7. The molecule has 4 heterocycles. The van der Waals surface area contributed by atoms with Crippen LogP contribution in [0.3, 0.4) is 0 Å². The predicted molar refractivity (Wildman–Crippen MR) is 82.2 cm³/mol. The van der Waals surface area contributed by atoms with Gasteiger partial charge in [-0.05, 0) is 6.92 Å². The Morgan fingerprint density at radius 3 is 2.83 bits per heavy atom.